The van der Waals surface area contributed by atoms with Crippen LogP contribution < -0.4 is 5.32 Å². The maximum atomic E-state index is 12.0. The van der Waals surface area contributed by atoms with Crippen molar-refractivity contribution in [1.82, 2.24) is 15.1 Å². The summed E-state index contributed by atoms with van der Waals surface area (Å²) in [6.45, 7) is 2.77. The summed E-state index contributed by atoms with van der Waals surface area (Å²) in [5.74, 6) is -0.282. The van der Waals surface area contributed by atoms with Crippen LogP contribution in [0.4, 0.5) is 13.2 Å². The number of aryl methyl sites for hydroxylation is 2. The van der Waals surface area contributed by atoms with Gasteiger partial charge in [0.1, 0.15) is 6.61 Å². The summed E-state index contributed by atoms with van der Waals surface area (Å²) in [4.78, 5) is 12.0. The van der Waals surface area contributed by atoms with E-state index in [1.807, 2.05) is 19.9 Å². The molecule has 0 aliphatic rings. The second-order valence-corrected chi connectivity index (χ2v) is 5.66. The molecule has 136 valence electrons. The highest BCUT2D eigenvalue weighted by Crippen LogP contribution is 2.14. The number of hydrogen-bond acceptors (Lipinski definition) is 3. The number of aromatic nitrogens is 2. The Balaban J connectivity index is 1.80. The van der Waals surface area contributed by atoms with Gasteiger partial charge in [-0.2, -0.15) is 18.3 Å². The molecule has 1 N–H and O–H groups in total. The van der Waals surface area contributed by atoms with Crippen molar-refractivity contribution < 1.29 is 22.7 Å². The molecule has 2 rings (SSSR count). The van der Waals surface area contributed by atoms with Crippen LogP contribution in [-0.4, -0.2) is 41.6 Å². The van der Waals surface area contributed by atoms with Gasteiger partial charge in [0.25, 0.3) is 5.91 Å². The summed E-state index contributed by atoms with van der Waals surface area (Å²) in [6.07, 6.45) is -4.01. The first-order valence-electron chi connectivity index (χ1n) is 7.83. The summed E-state index contributed by atoms with van der Waals surface area (Å²) in [5, 5.41) is 7.02. The van der Waals surface area contributed by atoms with E-state index in [1.165, 1.54) is 0 Å². The SMILES string of the molecule is Cc1cc(C)n(-c2ccc(C(=O)NCCCOCC(F)(F)F)cc2)n1. The predicted octanol–water partition coefficient (Wildman–Crippen LogP) is 3.19. The average Bonchev–Trinajstić information content (AvgIpc) is 2.88. The van der Waals surface area contributed by atoms with E-state index < -0.39 is 12.8 Å². The number of nitrogens with zero attached hydrogens (tertiary/aromatic N) is 2. The van der Waals surface area contributed by atoms with Gasteiger partial charge in [0.05, 0.1) is 11.4 Å². The summed E-state index contributed by atoms with van der Waals surface area (Å²) in [5.41, 5.74) is 3.23. The summed E-state index contributed by atoms with van der Waals surface area (Å²) in [6, 6.07) is 8.91. The highest BCUT2D eigenvalue weighted by atomic mass is 19.4. The van der Waals surface area contributed by atoms with Crippen molar-refractivity contribution in [3.05, 3.63) is 47.3 Å². The molecule has 25 heavy (non-hydrogen) atoms. The first-order chi connectivity index (χ1) is 11.8. The molecule has 2 aromatic rings. The molecular weight excluding hydrogens is 335 g/mol. The van der Waals surface area contributed by atoms with Crippen molar-refractivity contribution in [2.24, 2.45) is 0 Å². The minimum absolute atomic E-state index is 0.0589. The second-order valence-electron chi connectivity index (χ2n) is 5.66. The van der Waals surface area contributed by atoms with Crippen molar-refractivity contribution in [1.29, 1.82) is 0 Å². The standard InChI is InChI=1S/C17H20F3N3O2/c1-12-10-13(2)23(22-12)15-6-4-14(5-7-15)16(24)21-8-3-9-25-11-17(18,19)20/h4-7,10H,3,8-9,11H2,1-2H3,(H,21,24). The number of benzene rings is 1. The molecule has 0 saturated carbocycles. The van der Waals surface area contributed by atoms with Gasteiger partial charge in [-0.15, -0.1) is 0 Å². The van der Waals surface area contributed by atoms with E-state index >= 15 is 0 Å². The van der Waals surface area contributed by atoms with Crippen molar-refractivity contribution in [3.8, 4) is 5.69 Å². The number of ether oxygens (including phenoxy) is 1. The third-order valence-corrected chi connectivity index (χ3v) is 3.40. The summed E-state index contributed by atoms with van der Waals surface area (Å²) >= 11 is 0. The van der Waals surface area contributed by atoms with Crippen LogP contribution in [0.25, 0.3) is 5.69 Å². The first-order valence-corrected chi connectivity index (χ1v) is 7.83. The fraction of sp³-hybridized carbons (Fsp3) is 0.412. The van der Waals surface area contributed by atoms with Crippen molar-refractivity contribution in [3.63, 3.8) is 0 Å². The molecule has 0 bridgehead atoms. The van der Waals surface area contributed by atoms with Gasteiger partial charge < -0.3 is 10.1 Å². The lowest BCUT2D eigenvalue weighted by Crippen LogP contribution is -2.26. The number of carbonyl (C=O) groups excluding carboxylic acids is 1. The van der Waals surface area contributed by atoms with Gasteiger partial charge in [0, 0.05) is 24.4 Å². The van der Waals surface area contributed by atoms with Crippen LogP contribution in [-0.2, 0) is 4.74 Å². The van der Waals surface area contributed by atoms with Gasteiger partial charge in [-0.05, 0) is 50.6 Å². The smallest absolute Gasteiger partial charge is 0.372 e. The second kappa shape index (κ2) is 8.15. The number of amides is 1. The Kier molecular flexibility index (Phi) is 6.19. The van der Waals surface area contributed by atoms with Crippen LogP contribution in [0.15, 0.2) is 30.3 Å². The molecule has 1 amide bonds. The minimum Gasteiger partial charge on any atom is -0.372 e. The number of rotatable bonds is 7. The maximum Gasteiger partial charge on any atom is 0.411 e. The van der Waals surface area contributed by atoms with Crippen molar-refractivity contribution in [2.75, 3.05) is 19.8 Å². The number of halogens is 3. The van der Waals surface area contributed by atoms with E-state index in [2.05, 4.69) is 15.2 Å². The lowest BCUT2D eigenvalue weighted by atomic mass is 10.2. The van der Waals surface area contributed by atoms with Crippen LogP contribution >= 0.6 is 0 Å². The van der Waals surface area contributed by atoms with Crippen LogP contribution in [0, 0.1) is 13.8 Å². The lowest BCUT2D eigenvalue weighted by Gasteiger charge is -2.09. The molecule has 0 spiro atoms. The summed E-state index contributed by atoms with van der Waals surface area (Å²) in [7, 11) is 0. The molecule has 5 nitrogen and oxygen atoms in total. The monoisotopic (exact) mass is 355 g/mol. The molecule has 0 aliphatic carbocycles. The fourth-order valence-corrected chi connectivity index (χ4v) is 2.31. The third-order valence-electron chi connectivity index (χ3n) is 3.40. The Labute approximate surface area is 143 Å². The van der Waals surface area contributed by atoms with Gasteiger partial charge >= 0.3 is 6.18 Å². The molecule has 0 fully saturated rings. The normalized spacial score (nSPS) is 11.6. The van der Waals surface area contributed by atoms with Gasteiger partial charge in [0.15, 0.2) is 0 Å². The number of hydrogen-bond donors (Lipinski definition) is 1. The van der Waals surface area contributed by atoms with Crippen LogP contribution in [0.2, 0.25) is 0 Å². The number of alkyl halides is 3. The topological polar surface area (TPSA) is 56.2 Å². The minimum atomic E-state index is -4.32. The highest BCUT2D eigenvalue weighted by Gasteiger charge is 2.27. The van der Waals surface area contributed by atoms with Crippen molar-refractivity contribution >= 4 is 5.91 Å². The van der Waals surface area contributed by atoms with Gasteiger partial charge in [-0.25, -0.2) is 4.68 Å². The Morgan fingerprint density at radius 1 is 1.24 bits per heavy atom. The molecular formula is C17H20F3N3O2. The van der Waals surface area contributed by atoms with Gasteiger partial charge in [0.2, 0.25) is 0 Å². The lowest BCUT2D eigenvalue weighted by molar-refractivity contribution is -0.173. The molecule has 0 saturated heterocycles. The molecule has 1 aromatic heterocycles. The highest BCUT2D eigenvalue weighted by molar-refractivity contribution is 5.94. The zero-order chi connectivity index (χ0) is 18.4. The fourth-order valence-electron chi connectivity index (χ4n) is 2.31. The largest absolute Gasteiger partial charge is 0.411 e. The van der Waals surface area contributed by atoms with Crippen LogP contribution in [0.5, 0.6) is 0 Å². The first kappa shape index (κ1) is 19.0. The Hall–Kier alpha value is -2.35. The van der Waals surface area contributed by atoms with E-state index in [1.54, 1.807) is 28.9 Å². The van der Waals surface area contributed by atoms with Crippen LogP contribution in [0.3, 0.4) is 0 Å². The number of carbonyl (C=O) groups is 1. The molecule has 8 heteroatoms. The molecule has 0 unspecified atom stereocenters. The van der Waals surface area contributed by atoms with Gasteiger partial charge in [-0.1, -0.05) is 0 Å². The molecule has 1 aromatic carbocycles. The molecule has 0 aliphatic heterocycles. The summed E-state index contributed by atoms with van der Waals surface area (Å²) < 4.78 is 41.9. The third kappa shape index (κ3) is 5.90. The zero-order valence-electron chi connectivity index (χ0n) is 14.1. The van der Waals surface area contributed by atoms with Gasteiger partial charge in [-0.3, -0.25) is 4.79 Å². The molecule has 1 heterocycles. The maximum absolute atomic E-state index is 12.0. The Bertz CT molecular complexity index is 709. The Morgan fingerprint density at radius 2 is 1.92 bits per heavy atom. The Morgan fingerprint density at radius 3 is 2.48 bits per heavy atom. The van der Waals surface area contributed by atoms with E-state index in [4.69, 9.17) is 0 Å². The average molecular weight is 355 g/mol. The van der Waals surface area contributed by atoms with Crippen LogP contribution in [0.1, 0.15) is 28.2 Å². The van der Waals surface area contributed by atoms with E-state index in [0.29, 0.717) is 12.0 Å². The zero-order valence-corrected chi connectivity index (χ0v) is 14.1. The van der Waals surface area contributed by atoms with E-state index in [0.717, 1.165) is 17.1 Å². The molecule has 0 atom stereocenters. The van der Waals surface area contributed by atoms with Crippen molar-refractivity contribution in [2.45, 2.75) is 26.4 Å². The van der Waals surface area contributed by atoms with E-state index in [-0.39, 0.29) is 19.1 Å². The van der Waals surface area contributed by atoms with E-state index in [9.17, 15) is 18.0 Å². The molecule has 0 radical (unpaired) electrons. The predicted molar refractivity (Wildman–Crippen MR) is 86.9 cm³/mol. The number of nitrogens with one attached hydrogen (secondary N) is 1. The quantitative estimate of drug-likeness (QED) is 0.776.